The third-order valence-electron chi connectivity index (χ3n) is 6.18. The van der Waals surface area contributed by atoms with Crippen LogP contribution in [0.5, 0.6) is 0 Å². The van der Waals surface area contributed by atoms with Crippen LogP contribution in [0.2, 0.25) is 0 Å². The molecule has 1 N–H and O–H groups in total. The number of carbonyl (C=O) groups excluding carboxylic acids is 2. The summed E-state index contributed by atoms with van der Waals surface area (Å²) in [6.45, 7) is 6.87. The maximum Gasteiger partial charge on any atom is 0.254 e. The number of rotatable bonds is 5. The third-order valence-corrected chi connectivity index (χ3v) is 7.13. The third kappa shape index (κ3) is 4.16. The van der Waals surface area contributed by atoms with E-state index < -0.39 is 5.92 Å². The lowest BCUT2D eigenvalue weighted by Gasteiger charge is -2.42. The fraction of sp³-hybridized carbons (Fsp3) is 0.500. The Bertz CT molecular complexity index is 888. The Morgan fingerprint density at radius 1 is 1.17 bits per heavy atom. The number of nitrogens with one attached hydrogen (secondary N) is 1. The predicted octanol–water partition coefficient (Wildman–Crippen LogP) is 3.90. The van der Waals surface area contributed by atoms with Crippen LogP contribution in [0.1, 0.15) is 59.4 Å². The minimum Gasteiger partial charge on any atom is -0.353 e. The molecule has 5 nitrogen and oxygen atoms in total. The first-order valence-corrected chi connectivity index (χ1v) is 11.8. The summed E-state index contributed by atoms with van der Waals surface area (Å²) in [5.41, 5.74) is 1.51. The highest BCUT2D eigenvalue weighted by atomic mass is 32.1. The summed E-state index contributed by atoms with van der Waals surface area (Å²) in [4.78, 5) is 32.4. The lowest BCUT2D eigenvalue weighted by molar-refractivity contribution is -0.125. The van der Waals surface area contributed by atoms with E-state index in [4.69, 9.17) is 0 Å². The summed E-state index contributed by atoms with van der Waals surface area (Å²) in [5.74, 6) is -0.00655. The van der Waals surface area contributed by atoms with E-state index in [0.717, 1.165) is 36.4 Å². The summed E-state index contributed by atoms with van der Waals surface area (Å²) in [7, 11) is 2.12. The average Bonchev–Trinajstić information content (AvgIpc) is 3.25. The van der Waals surface area contributed by atoms with Crippen molar-refractivity contribution in [2.24, 2.45) is 5.92 Å². The average molecular weight is 426 g/mol. The highest BCUT2D eigenvalue weighted by Gasteiger charge is 2.45. The zero-order valence-electron chi connectivity index (χ0n) is 18.0. The van der Waals surface area contributed by atoms with Gasteiger partial charge in [-0.3, -0.25) is 9.59 Å². The van der Waals surface area contributed by atoms with E-state index in [1.165, 1.54) is 0 Å². The molecule has 0 saturated carbocycles. The molecule has 2 aliphatic heterocycles. The molecule has 3 heterocycles. The second kappa shape index (κ2) is 8.90. The van der Waals surface area contributed by atoms with Gasteiger partial charge in [0.1, 0.15) is 0 Å². The molecule has 0 aliphatic carbocycles. The van der Waals surface area contributed by atoms with Crippen LogP contribution in [0, 0.1) is 5.92 Å². The van der Waals surface area contributed by atoms with Crippen LogP contribution in [0.4, 0.5) is 0 Å². The maximum atomic E-state index is 13.7. The van der Waals surface area contributed by atoms with E-state index in [2.05, 4.69) is 37.2 Å². The quantitative estimate of drug-likeness (QED) is 0.791. The molecule has 1 saturated heterocycles. The van der Waals surface area contributed by atoms with Crippen LogP contribution in [0.3, 0.4) is 0 Å². The van der Waals surface area contributed by atoms with E-state index in [9.17, 15) is 9.59 Å². The SMILES string of the molecule is CC(C)CN1C(=O)c2ccccc2[C@H](C(=O)NC2CCN(C)CC2)[C@H]1c1cccs1. The van der Waals surface area contributed by atoms with Crippen molar-refractivity contribution >= 4 is 23.2 Å². The topological polar surface area (TPSA) is 52.7 Å². The van der Waals surface area contributed by atoms with Crippen molar-refractivity contribution in [3.8, 4) is 0 Å². The number of hydrogen-bond donors (Lipinski definition) is 1. The van der Waals surface area contributed by atoms with Crippen molar-refractivity contribution in [1.82, 2.24) is 15.1 Å². The zero-order valence-corrected chi connectivity index (χ0v) is 18.8. The van der Waals surface area contributed by atoms with Gasteiger partial charge in [-0.1, -0.05) is 38.1 Å². The highest BCUT2D eigenvalue weighted by Crippen LogP contribution is 2.44. The summed E-state index contributed by atoms with van der Waals surface area (Å²) < 4.78 is 0. The van der Waals surface area contributed by atoms with Crippen molar-refractivity contribution in [3.05, 3.63) is 57.8 Å². The van der Waals surface area contributed by atoms with Gasteiger partial charge in [-0.05, 0) is 62.0 Å². The molecule has 6 heteroatoms. The van der Waals surface area contributed by atoms with Gasteiger partial charge in [0.15, 0.2) is 0 Å². The molecule has 1 aromatic carbocycles. The summed E-state index contributed by atoms with van der Waals surface area (Å²) in [6, 6.07) is 11.6. The van der Waals surface area contributed by atoms with Gasteiger partial charge in [0.05, 0.1) is 12.0 Å². The first-order valence-electron chi connectivity index (χ1n) is 10.9. The Morgan fingerprint density at radius 2 is 1.90 bits per heavy atom. The molecule has 2 amide bonds. The molecule has 0 unspecified atom stereocenters. The highest BCUT2D eigenvalue weighted by molar-refractivity contribution is 7.10. The number of likely N-dealkylation sites (tertiary alicyclic amines) is 1. The van der Waals surface area contributed by atoms with Gasteiger partial charge < -0.3 is 15.1 Å². The van der Waals surface area contributed by atoms with Crippen molar-refractivity contribution in [2.75, 3.05) is 26.7 Å². The second-order valence-electron chi connectivity index (χ2n) is 8.96. The monoisotopic (exact) mass is 425 g/mol. The number of piperidine rings is 1. The van der Waals surface area contributed by atoms with Gasteiger partial charge in [-0.15, -0.1) is 11.3 Å². The number of carbonyl (C=O) groups is 2. The lowest BCUT2D eigenvalue weighted by Crippen LogP contribution is -2.51. The lowest BCUT2D eigenvalue weighted by atomic mass is 9.80. The number of benzene rings is 1. The fourth-order valence-corrected chi connectivity index (χ4v) is 5.56. The molecular formula is C24H31N3O2S. The van der Waals surface area contributed by atoms with Gasteiger partial charge in [0.2, 0.25) is 5.91 Å². The van der Waals surface area contributed by atoms with Crippen LogP contribution < -0.4 is 5.32 Å². The standard InChI is InChI=1S/C24H31N3O2S/c1-16(2)15-27-22(20-9-6-14-30-20)21(18-7-4-5-8-19(18)24(27)29)23(28)25-17-10-12-26(3)13-11-17/h4-9,14,16-17,21-22H,10-13,15H2,1-3H3,(H,25,28)/t21-,22+/m0/s1. The first kappa shape index (κ1) is 21.1. The normalized spacial score (nSPS) is 22.9. The van der Waals surface area contributed by atoms with Crippen LogP contribution in [0.25, 0.3) is 0 Å². The minimum absolute atomic E-state index is 0.0287. The Morgan fingerprint density at radius 3 is 2.57 bits per heavy atom. The molecule has 1 fully saturated rings. The van der Waals surface area contributed by atoms with Gasteiger partial charge in [0.25, 0.3) is 5.91 Å². The molecule has 160 valence electrons. The van der Waals surface area contributed by atoms with Gasteiger partial charge in [-0.25, -0.2) is 0 Å². The van der Waals surface area contributed by atoms with E-state index in [0.29, 0.717) is 18.0 Å². The van der Waals surface area contributed by atoms with Gasteiger partial charge >= 0.3 is 0 Å². The van der Waals surface area contributed by atoms with Crippen molar-refractivity contribution in [3.63, 3.8) is 0 Å². The van der Waals surface area contributed by atoms with Crippen molar-refractivity contribution < 1.29 is 9.59 Å². The summed E-state index contributed by atoms with van der Waals surface area (Å²) in [6.07, 6.45) is 1.93. The fourth-order valence-electron chi connectivity index (χ4n) is 4.69. The molecule has 4 rings (SSSR count). The predicted molar refractivity (Wildman–Crippen MR) is 121 cm³/mol. The molecule has 30 heavy (non-hydrogen) atoms. The number of fused-ring (bicyclic) bond motifs is 1. The van der Waals surface area contributed by atoms with Crippen LogP contribution in [-0.2, 0) is 4.79 Å². The van der Waals surface area contributed by atoms with E-state index in [1.807, 2.05) is 40.6 Å². The summed E-state index contributed by atoms with van der Waals surface area (Å²) >= 11 is 1.62. The summed E-state index contributed by atoms with van der Waals surface area (Å²) in [5, 5.41) is 5.36. The Labute approximate surface area is 183 Å². The number of thiophene rings is 1. The zero-order chi connectivity index (χ0) is 21.3. The molecule has 2 aromatic rings. The van der Waals surface area contributed by atoms with Crippen molar-refractivity contribution in [2.45, 2.75) is 44.7 Å². The number of hydrogen-bond acceptors (Lipinski definition) is 4. The van der Waals surface area contributed by atoms with Gasteiger partial charge in [-0.2, -0.15) is 0 Å². The van der Waals surface area contributed by atoms with Crippen LogP contribution in [0.15, 0.2) is 41.8 Å². The van der Waals surface area contributed by atoms with Crippen LogP contribution in [-0.4, -0.2) is 54.3 Å². The largest absolute Gasteiger partial charge is 0.353 e. The maximum absolute atomic E-state index is 13.7. The Hall–Kier alpha value is -2.18. The van der Waals surface area contributed by atoms with E-state index >= 15 is 0 Å². The molecule has 2 aliphatic rings. The Balaban J connectivity index is 1.73. The number of nitrogens with zero attached hydrogens (tertiary/aromatic N) is 2. The first-order chi connectivity index (χ1) is 14.5. The second-order valence-corrected chi connectivity index (χ2v) is 9.94. The molecule has 2 atom stereocenters. The Kier molecular flexibility index (Phi) is 6.25. The minimum atomic E-state index is -0.393. The molecule has 0 spiro atoms. The van der Waals surface area contributed by atoms with E-state index in [-0.39, 0.29) is 23.9 Å². The molecule has 0 radical (unpaired) electrons. The molecule has 1 aromatic heterocycles. The van der Waals surface area contributed by atoms with Crippen LogP contribution >= 0.6 is 11.3 Å². The smallest absolute Gasteiger partial charge is 0.254 e. The number of amides is 2. The molecular weight excluding hydrogens is 394 g/mol. The van der Waals surface area contributed by atoms with E-state index in [1.54, 1.807) is 11.3 Å². The van der Waals surface area contributed by atoms with Gasteiger partial charge in [0, 0.05) is 23.0 Å². The molecule has 0 bridgehead atoms. The van der Waals surface area contributed by atoms with Crippen molar-refractivity contribution in [1.29, 1.82) is 0 Å².